The maximum atomic E-state index is 13.2. The monoisotopic (exact) mass is 500 g/mol. The molecule has 2 heterocycles. The number of morpholine rings is 1. The van der Waals surface area contributed by atoms with E-state index in [9.17, 15) is 9.59 Å². The van der Waals surface area contributed by atoms with Gasteiger partial charge in [0.2, 0.25) is 16.9 Å². The van der Waals surface area contributed by atoms with E-state index in [1.807, 2.05) is 42.5 Å². The van der Waals surface area contributed by atoms with Gasteiger partial charge in [-0.05, 0) is 54.9 Å². The van der Waals surface area contributed by atoms with E-state index in [4.69, 9.17) is 28.6 Å². The summed E-state index contributed by atoms with van der Waals surface area (Å²) in [6, 6.07) is 7.47. The van der Waals surface area contributed by atoms with E-state index in [0.717, 1.165) is 43.6 Å². The molecule has 0 aromatic heterocycles. The van der Waals surface area contributed by atoms with Gasteiger partial charge in [-0.2, -0.15) is 0 Å². The third-order valence-corrected chi connectivity index (χ3v) is 6.84. The average molecular weight is 501 g/mol. The molecule has 2 amide bonds. The Balaban J connectivity index is 1.22. The van der Waals surface area contributed by atoms with Gasteiger partial charge in [-0.3, -0.25) is 14.5 Å². The number of amides is 2. The first-order chi connectivity index (χ1) is 16.5. The molecule has 0 radical (unpaired) electrons. The number of carbonyl (C=O) groups is 2. The van der Waals surface area contributed by atoms with E-state index < -0.39 is 5.92 Å². The van der Waals surface area contributed by atoms with E-state index in [1.165, 1.54) is 0 Å². The summed E-state index contributed by atoms with van der Waals surface area (Å²) < 4.78 is 5.43. The molecule has 1 unspecified atom stereocenters. The number of hydrogen-bond donors (Lipinski definition) is 1. The van der Waals surface area contributed by atoms with Crippen LogP contribution in [0.5, 0.6) is 0 Å². The fourth-order valence-electron chi connectivity index (χ4n) is 4.22. The van der Waals surface area contributed by atoms with Crippen molar-refractivity contribution in [2.75, 3.05) is 32.8 Å². The van der Waals surface area contributed by atoms with Gasteiger partial charge in [0.15, 0.2) is 0 Å². The number of aliphatic imine (C=N–C) groups is 1. The largest absolute Gasteiger partial charge is 0.378 e. The zero-order valence-corrected chi connectivity index (χ0v) is 20.6. The summed E-state index contributed by atoms with van der Waals surface area (Å²) in [5.41, 5.74) is 2.65. The summed E-state index contributed by atoms with van der Waals surface area (Å²) in [6.07, 6.45) is 8.65. The Morgan fingerprint density at radius 1 is 1.18 bits per heavy atom. The molecule has 1 atom stereocenters. The molecule has 9 heteroatoms. The standard InChI is InChI=1S/C25H29ClN4O3S/c26-21-7-4-3-6-18(21)17-27-23(31)8-2-1-5-11-30-24(32)20-16-19(29-12-14-33-15-13-29)9-10-22(20)28-25(30)34/h3-4,6-7,9-10,16,20H,1-2,5,8,11-15,17H2,(H,27,31). The summed E-state index contributed by atoms with van der Waals surface area (Å²) in [5.74, 6) is -0.429. The Morgan fingerprint density at radius 2 is 1.97 bits per heavy atom. The summed E-state index contributed by atoms with van der Waals surface area (Å²) in [4.78, 5) is 33.7. The molecule has 2 aliphatic heterocycles. The normalized spacial score (nSPS) is 20.1. The molecule has 1 saturated heterocycles. The highest BCUT2D eigenvalue weighted by Gasteiger charge is 2.35. The third-order valence-electron chi connectivity index (χ3n) is 6.16. The topological polar surface area (TPSA) is 74.2 Å². The van der Waals surface area contributed by atoms with Crippen molar-refractivity contribution in [1.82, 2.24) is 15.1 Å². The van der Waals surface area contributed by atoms with Crippen LogP contribution in [0.15, 0.2) is 53.2 Å². The molecule has 1 aliphatic carbocycles. The summed E-state index contributed by atoms with van der Waals surface area (Å²) in [6.45, 7) is 3.95. The van der Waals surface area contributed by atoms with E-state index >= 15 is 0 Å². The summed E-state index contributed by atoms with van der Waals surface area (Å²) in [7, 11) is 0. The quantitative estimate of drug-likeness (QED) is 0.415. The van der Waals surface area contributed by atoms with Gasteiger partial charge in [-0.15, -0.1) is 0 Å². The summed E-state index contributed by atoms with van der Waals surface area (Å²) >= 11 is 11.5. The lowest BCUT2D eigenvalue weighted by atomic mass is 9.93. The van der Waals surface area contributed by atoms with Crippen molar-refractivity contribution in [3.8, 4) is 0 Å². The second kappa shape index (κ2) is 11.7. The van der Waals surface area contributed by atoms with E-state index in [2.05, 4.69) is 15.2 Å². The average Bonchev–Trinajstić information content (AvgIpc) is 2.85. The van der Waals surface area contributed by atoms with Crippen molar-refractivity contribution in [3.05, 3.63) is 58.8 Å². The first-order valence-electron chi connectivity index (χ1n) is 11.7. The van der Waals surface area contributed by atoms with E-state index in [-0.39, 0.29) is 11.8 Å². The Kier molecular flexibility index (Phi) is 8.48. The molecule has 4 rings (SSSR count). The molecule has 0 bridgehead atoms. The number of benzene rings is 1. The number of fused-ring (bicyclic) bond motifs is 1. The van der Waals surface area contributed by atoms with Gasteiger partial charge >= 0.3 is 0 Å². The maximum Gasteiger partial charge on any atom is 0.241 e. The number of carbonyl (C=O) groups excluding carboxylic acids is 2. The van der Waals surface area contributed by atoms with Crippen molar-refractivity contribution in [2.45, 2.75) is 32.2 Å². The van der Waals surface area contributed by atoms with Gasteiger partial charge in [-0.1, -0.05) is 36.2 Å². The van der Waals surface area contributed by atoms with E-state index in [0.29, 0.717) is 48.6 Å². The highest BCUT2D eigenvalue weighted by Crippen LogP contribution is 2.25. The fraction of sp³-hybridized carbons (Fsp3) is 0.440. The first kappa shape index (κ1) is 24.6. The molecule has 3 aliphatic rings. The number of nitrogens with zero attached hydrogens (tertiary/aromatic N) is 3. The van der Waals surface area contributed by atoms with Crippen molar-refractivity contribution >= 4 is 46.5 Å². The number of halogens is 1. The van der Waals surface area contributed by atoms with Crippen LogP contribution in [-0.2, 0) is 20.9 Å². The Labute approximate surface area is 210 Å². The highest BCUT2D eigenvalue weighted by atomic mass is 35.5. The van der Waals surface area contributed by atoms with Crippen molar-refractivity contribution < 1.29 is 14.3 Å². The van der Waals surface area contributed by atoms with Crippen molar-refractivity contribution in [2.24, 2.45) is 10.9 Å². The Hall–Kier alpha value is -2.55. The molecule has 1 aromatic rings. The van der Waals surface area contributed by atoms with Crippen molar-refractivity contribution in [1.29, 1.82) is 0 Å². The van der Waals surface area contributed by atoms with Gasteiger partial charge in [0, 0.05) is 43.3 Å². The van der Waals surface area contributed by atoms with Crippen LogP contribution in [0.1, 0.15) is 31.2 Å². The molecule has 34 heavy (non-hydrogen) atoms. The number of thiocarbonyl (C=S) groups is 1. The maximum absolute atomic E-state index is 13.2. The number of ether oxygens (including phenoxy) is 1. The van der Waals surface area contributed by atoms with Crippen LogP contribution in [0.25, 0.3) is 0 Å². The molecule has 0 saturated carbocycles. The molecule has 1 N–H and O–H groups in total. The van der Waals surface area contributed by atoms with Crippen LogP contribution >= 0.6 is 23.8 Å². The Bertz CT molecular complexity index is 1030. The molecule has 7 nitrogen and oxygen atoms in total. The van der Waals surface area contributed by atoms with Crippen LogP contribution in [-0.4, -0.2) is 65.3 Å². The molecule has 0 spiro atoms. The zero-order valence-electron chi connectivity index (χ0n) is 19.0. The molecule has 1 fully saturated rings. The van der Waals surface area contributed by atoms with E-state index in [1.54, 1.807) is 4.90 Å². The zero-order chi connectivity index (χ0) is 23.9. The van der Waals surface area contributed by atoms with Gasteiger partial charge in [0.25, 0.3) is 0 Å². The number of rotatable bonds is 9. The van der Waals surface area contributed by atoms with Crippen LogP contribution in [0.2, 0.25) is 5.02 Å². The lowest BCUT2D eigenvalue weighted by Gasteiger charge is -2.35. The van der Waals surface area contributed by atoms with Gasteiger partial charge in [0.1, 0.15) is 5.92 Å². The van der Waals surface area contributed by atoms with Gasteiger partial charge in [0.05, 0.1) is 18.9 Å². The minimum Gasteiger partial charge on any atom is -0.378 e. The van der Waals surface area contributed by atoms with Crippen molar-refractivity contribution in [3.63, 3.8) is 0 Å². The lowest BCUT2D eigenvalue weighted by Crippen LogP contribution is -2.47. The Morgan fingerprint density at radius 3 is 2.76 bits per heavy atom. The molecular weight excluding hydrogens is 472 g/mol. The minimum atomic E-state index is -0.398. The van der Waals surface area contributed by atoms with Crippen LogP contribution in [0.4, 0.5) is 0 Å². The van der Waals surface area contributed by atoms with Crippen LogP contribution in [0, 0.1) is 5.92 Å². The van der Waals surface area contributed by atoms with Crippen LogP contribution < -0.4 is 5.32 Å². The van der Waals surface area contributed by atoms with Crippen LogP contribution in [0.3, 0.4) is 0 Å². The second-order valence-electron chi connectivity index (χ2n) is 8.49. The smallest absolute Gasteiger partial charge is 0.241 e. The molecule has 1 aromatic carbocycles. The molecule has 180 valence electrons. The number of unbranched alkanes of at least 4 members (excludes halogenated alkanes) is 2. The third kappa shape index (κ3) is 6.11. The van der Waals surface area contributed by atoms with Gasteiger partial charge in [-0.25, -0.2) is 4.99 Å². The van der Waals surface area contributed by atoms with Gasteiger partial charge < -0.3 is 15.0 Å². The number of hydrogen-bond acceptors (Lipinski definition) is 5. The highest BCUT2D eigenvalue weighted by molar-refractivity contribution is 7.80. The predicted octanol–water partition coefficient (Wildman–Crippen LogP) is 3.49. The fourth-order valence-corrected chi connectivity index (χ4v) is 4.71. The minimum absolute atomic E-state index is 0.00602. The SMILES string of the molecule is O=C(CCCCCN1C(=O)C2C=C(N3CCOCC3)C=CC2=NC1=S)NCc1ccccc1Cl. The first-order valence-corrected chi connectivity index (χ1v) is 12.5. The number of allylic oxidation sites excluding steroid dienone is 2. The molecular formula is C25H29ClN4O3S. The lowest BCUT2D eigenvalue weighted by molar-refractivity contribution is -0.128. The number of nitrogens with one attached hydrogen (secondary N) is 1. The predicted molar refractivity (Wildman–Crippen MR) is 137 cm³/mol. The second-order valence-corrected chi connectivity index (χ2v) is 9.26. The summed E-state index contributed by atoms with van der Waals surface area (Å²) in [5, 5.41) is 3.88.